The van der Waals surface area contributed by atoms with E-state index < -0.39 is 48.5 Å². The predicted octanol–water partition coefficient (Wildman–Crippen LogP) is 3.76. The molecular weight excluding hydrogens is 981 g/mol. The number of nitrogens with two attached hydrogens (primary N) is 1. The summed E-state index contributed by atoms with van der Waals surface area (Å²) in [5.74, 6) is 5.43. The van der Waals surface area contributed by atoms with Crippen LogP contribution in [0.25, 0.3) is 16.6 Å². The number of nitrogens with zero attached hydrogens (tertiary/aromatic N) is 6. The number of aromatic nitrogens is 3. The van der Waals surface area contributed by atoms with E-state index in [1.807, 2.05) is 52.5 Å². The lowest BCUT2D eigenvalue weighted by Crippen LogP contribution is -2.32. The summed E-state index contributed by atoms with van der Waals surface area (Å²) in [5, 5.41) is 13.8. The number of fused-ring (bicyclic) bond motifs is 3. The van der Waals surface area contributed by atoms with Crippen molar-refractivity contribution in [1.29, 1.82) is 0 Å². The van der Waals surface area contributed by atoms with Crippen LogP contribution in [0.3, 0.4) is 0 Å². The smallest absolute Gasteiger partial charge is 0.487 e. The standard InChI is InChI=1S/C46H55N8O14P3/c1-46(2)35-22-29(51(3)4)16-18-33(35)42(34-19-17-30(52(5)6)23-36(34)46)31-13-8-9-14-32(31)45(57)53(7)21-11-15-39(56)48-20-10-12-28-25-54(44-41(28)43(47)49-27-50-44)40-24-37(55)38(66-40)26-65-70(61,62)68-71(63,64)67-69(58,59)60/h8-9,13-14,16-19,22-23,25,27,37-38,40,55H,11,15,20-21,24,26H2,1-7H3,(H6-,47,48,49,50,56,58,59,60,61,62,63,64)/t37-,38+,40+/m0/s1. The van der Waals surface area contributed by atoms with E-state index in [0.29, 0.717) is 29.5 Å². The molecule has 25 heteroatoms. The van der Waals surface area contributed by atoms with Gasteiger partial charge in [0.1, 0.15) is 44.2 Å². The van der Waals surface area contributed by atoms with Gasteiger partial charge in [0.05, 0.1) is 30.2 Å². The van der Waals surface area contributed by atoms with Crippen LogP contribution in [0.1, 0.15) is 71.9 Å². The Kier molecular flexibility index (Phi) is 15.6. The van der Waals surface area contributed by atoms with Gasteiger partial charge in [-0.15, -0.1) is 0 Å². The van der Waals surface area contributed by atoms with Crippen LogP contribution in [0.5, 0.6) is 0 Å². The number of phosphoric ester groups is 1. The lowest BCUT2D eigenvalue weighted by Gasteiger charge is -2.39. The van der Waals surface area contributed by atoms with Crippen LogP contribution in [0.4, 0.5) is 11.5 Å². The zero-order valence-corrected chi connectivity index (χ0v) is 42.6. The number of nitrogen functional groups attached to an aromatic ring is 1. The number of hydrogen-bond donors (Lipinski definition) is 6. The van der Waals surface area contributed by atoms with Gasteiger partial charge in [-0.2, -0.15) is 4.31 Å². The molecule has 22 nitrogen and oxygen atoms in total. The molecule has 2 aromatic carbocycles. The van der Waals surface area contributed by atoms with Gasteiger partial charge in [-0.25, -0.2) is 28.0 Å². The van der Waals surface area contributed by atoms with Crippen molar-refractivity contribution in [3.8, 4) is 11.8 Å². The minimum absolute atomic E-state index is 0.0521. The normalized spacial score (nSPS) is 20.6. The monoisotopic (exact) mass is 1040 g/mol. The fourth-order valence-corrected chi connectivity index (χ4v) is 11.6. The van der Waals surface area contributed by atoms with Crippen molar-refractivity contribution >= 4 is 69.1 Å². The molecular formula is C46H55N8O14P3. The Bertz CT molecular complexity index is 3130. The Labute approximate surface area is 409 Å². The highest BCUT2D eigenvalue weighted by molar-refractivity contribution is 7.66. The average Bonchev–Trinajstić information content (AvgIpc) is 3.85. The summed E-state index contributed by atoms with van der Waals surface area (Å²) in [4.78, 5) is 78.0. The molecule has 71 heavy (non-hydrogen) atoms. The van der Waals surface area contributed by atoms with Crippen molar-refractivity contribution in [2.45, 2.75) is 57.0 Å². The molecule has 1 fully saturated rings. The molecule has 3 heterocycles. The SMILES string of the molecule is CN(CCCC(=O)NCC#Cc1cn([C@H]2C[C@H](O)[C@@H](COP(=O)(O)OP(=O)(O)OP(=O)([O-])O)O2)c2ncnc(N)c12)C(=O)c1ccccc1C1=C2C=CC(=[N+](C)C)C=C2C(C)(C)c2cc(N(C)C)ccc21. The summed E-state index contributed by atoms with van der Waals surface area (Å²) in [6.07, 6.45) is 5.95. The number of phosphoric acid groups is 3. The van der Waals surface area contributed by atoms with Gasteiger partial charge < -0.3 is 54.8 Å². The quantitative estimate of drug-likeness (QED) is 0.0529. The zero-order chi connectivity index (χ0) is 51.8. The number of rotatable bonds is 16. The molecule has 2 aromatic heterocycles. The van der Waals surface area contributed by atoms with Crippen molar-refractivity contribution in [2.24, 2.45) is 0 Å². The molecule has 0 bridgehead atoms. The second-order valence-electron chi connectivity index (χ2n) is 17.9. The summed E-state index contributed by atoms with van der Waals surface area (Å²) in [5.41, 5.74) is 15.4. The zero-order valence-electron chi connectivity index (χ0n) is 39.9. The summed E-state index contributed by atoms with van der Waals surface area (Å²) in [6.45, 7) is 3.84. The minimum atomic E-state index is -5.85. The van der Waals surface area contributed by atoms with Gasteiger partial charge in [-0.05, 0) is 64.1 Å². The number of anilines is 2. The minimum Gasteiger partial charge on any atom is -0.756 e. The fraction of sp³-hybridized carbons (Fsp3) is 0.370. The number of carbonyl (C=O) groups is 2. The van der Waals surface area contributed by atoms with Crippen LogP contribution < -0.4 is 20.8 Å². The number of allylic oxidation sites excluding steroid dienone is 5. The van der Waals surface area contributed by atoms with Crippen LogP contribution >= 0.6 is 23.5 Å². The summed E-state index contributed by atoms with van der Waals surface area (Å²) < 4.78 is 56.0. The highest BCUT2D eigenvalue weighted by atomic mass is 31.3. The van der Waals surface area contributed by atoms with Crippen molar-refractivity contribution in [2.75, 3.05) is 65.6 Å². The third-order valence-electron chi connectivity index (χ3n) is 12.2. The summed E-state index contributed by atoms with van der Waals surface area (Å²) >= 11 is 0. The molecule has 1 saturated heterocycles. The molecule has 378 valence electrons. The van der Waals surface area contributed by atoms with Gasteiger partial charge in [0, 0.05) is 75.5 Å². The summed E-state index contributed by atoms with van der Waals surface area (Å²) in [6, 6.07) is 14.1. The molecule has 7 N–H and O–H groups in total. The Morgan fingerprint density at radius 1 is 1.04 bits per heavy atom. The predicted molar refractivity (Wildman–Crippen MR) is 261 cm³/mol. The molecule has 0 radical (unpaired) electrons. The number of ether oxygens (including phenoxy) is 1. The molecule has 0 saturated carbocycles. The van der Waals surface area contributed by atoms with E-state index in [0.717, 1.165) is 44.8 Å². The molecule has 6 atom stereocenters. The highest BCUT2D eigenvalue weighted by Crippen LogP contribution is 2.65. The lowest BCUT2D eigenvalue weighted by atomic mass is 9.64. The Hall–Kier alpha value is -5.62. The Morgan fingerprint density at radius 3 is 2.48 bits per heavy atom. The number of aliphatic hydroxyl groups excluding tert-OH is 1. The first kappa shape index (κ1) is 53.2. The molecule has 4 aromatic rings. The van der Waals surface area contributed by atoms with E-state index in [9.17, 15) is 43.1 Å². The number of carbonyl (C=O) groups excluding carboxylic acids is 2. The summed E-state index contributed by atoms with van der Waals surface area (Å²) in [7, 11) is -7.37. The van der Waals surface area contributed by atoms with Gasteiger partial charge >= 0.3 is 15.6 Å². The van der Waals surface area contributed by atoms with Crippen molar-refractivity contribution in [3.05, 3.63) is 112 Å². The fourth-order valence-electron chi connectivity index (χ4n) is 8.64. The molecule has 7 rings (SSSR count). The maximum absolute atomic E-state index is 14.3. The van der Waals surface area contributed by atoms with E-state index in [1.54, 1.807) is 11.9 Å². The van der Waals surface area contributed by atoms with E-state index in [-0.39, 0.29) is 48.1 Å². The van der Waals surface area contributed by atoms with Crippen LogP contribution in [0, 0.1) is 11.8 Å². The first-order valence-electron chi connectivity index (χ1n) is 22.1. The third kappa shape index (κ3) is 12.0. The lowest BCUT2D eigenvalue weighted by molar-refractivity contribution is -0.462. The van der Waals surface area contributed by atoms with E-state index in [1.165, 1.54) is 17.1 Å². The van der Waals surface area contributed by atoms with Gasteiger partial charge in [0.25, 0.3) is 13.7 Å². The van der Waals surface area contributed by atoms with Gasteiger partial charge in [0.15, 0.2) is 5.71 Å². The molecule has 0 spiro atoms. The number of aliphatic hydroxyl groups is 1. The largest absolute Gasteiger partial charge is 0.756 e. The van der Waals surface area contributed by atoms with Gasteiger partial charge in [-0.1, -0.05) is 50.0 Å². The topological polar surface area (TPSA) is 304 Å². The first-order chi connectivity index (χ1) is 33.3. The second-order valence-corrected chi connectivity index (χ2v) is 22.3. The number of nitrogens with one attached hydrogen (secondary N) is 1. The van der Waals surface area contributed by atoms with E-state index in [2.05, 4.69) is 100 Å². The van der Waals surface area contributed by atoms with Crippen molar-refractivity contribution in [3.63, 3.8) is 0 Å². The molecule has 1 aliphatic heterocycles. The number of benzene rings is 2. The Balaban J connectivity index is 0.985. The van der Waals surface area contributed by atoms with Gasteiger partial charge in [0.2, 0.25) is 5.91 Å². The van der Waals surface area contributed by atoms with Crippen molar-refractivity contribution < 1.29 is 70.4 Å². The average molecular weight is 1040 g/mol. The molecule has 3 aliphatic rings. The molecule has 3 unspecified atom stereocenters. The van der Waals surface area contributed by atoms with Crippen LogP contribution in [-0.4, -0.2) is 128 Å². The highest BCUT2D eigenvalue weighted by Gasteiger charge is 2.43. The van der Waals surface area contributed by atoms with Crippen LogP contribution in [0.2, 0.25) is 0 Å². The van der Waals surface area contributed by atoms with E-state index in [4.69, 9.17) is 15.4 Å². The Morgan fingerprint density at radius 2 is 1.77 bits per heavy atom. The molecule has 2 aliphatic carbocycles. The molecule has 2 amide bonds. The van der Waals surface area contributed by atoms with Crippen molar-refractivity contribution in [1.82, 2.24) is 24.8 Å². The van der Waals surface area contributed by atoms with Crippen LogP contribution in [0.15, 0.2) is 84.4 Å². The van der Waals surface area contributed by atoms with E-state index >= 15 is 0 Å². The second kappa shape index (κ2) is 20.8. The maximum atomic E-state index is 14.3. The van der Waals surface area contributed by atoms with Crippen LogP contribution in [-0.2, 0) is 41.8 Å². The van der Waals surface area contributed by atoms with Gasteiger partial charge in [-0.3, -0.25) is 18.7 Å². The maximum Gasteiger partial charge on any atom is 0.487 e. The number of amides is 2. The first-order valence-corrected chi connectivity index (χ1v) is 26.6. The number of hydrogen-bond acceptors (Lipinski definition) is 15. The third-order valence-corrected chi connectivity index (χ3v) is 15.9.